The van der Waals surface area contributed by atoms with Crippen molar-refractivity contribution in [3.8, 4) is 11.5 Å². The van der Waals surface area contributed by atoms with E-state index in [1.165, 1.54) is 12.1 Å². The van der Waals surface area contributed by atoms with Crippen LogP contribution < -0.4 is 9.47 Å². The highest BCUT2D eigenvalue weighted by Crippen LogP contribution is 2.32. The van der Waals surface area contributed by atoms with Gasteiger partial charge in [-0.15, -0.1) is 0 Å². The van der Waals surface area contributed by atoms with Crippen LogP contribution in [0.1, 0.15) is 11.1 Å². The highest BCUT2D eigenvalue weighted by molar-refractivity contribution is 5.83. The topological polar surface area (TPSA) is 74.0 Å². The van der Waals surface area contributed by atoms with Crippen LogP contribution in [0.25, 0.3) is 0 Å². The molecule has 0 spiro atoms. The maximum atomic E-state index is 10.7. The summed E-state index contributed by atoms with van der Waals surface area (Å²) in [6.45, 7) is 2.02. The van der Waals surface area contributed by atoms with Gasteiger partial charge in [-0.25, -0.2) is 0 Å². The van der Waals surface area contributed by atoms with Gasteiger partial charge in [-0.3, -0.25) is 15.1 Å². The standard InChI is InChI=1S/C15H12N2O4/c1-10-6-12(17(18)19)3-4-13(10)16-8-11-2-5-14-15(7-11)21-9-20-14/h2-8H,9H2,1H3. The summed E-state index contributed by atoms with van der Waals surface area (Å²) in [5.74, 6) is 1.41. The van der Waals surface area contributed by atoms with E-state index in [0.717, 1.165) is 16.9 Å². The normalized spacial score (nSPS) is 12.8. The zero-order valence-electron chi connectivity index (χ0n) is 11.3. The average Bonchev–Trinajstić information content (AvgIpc) is 2.93. The van der Waals surface area contributed by atoms with Crippen molar-refractivity contribution < 1.29 is 14.4 Å². The van der Waals surface area contributed by atoms with E-state index in [1.54, 1.807) is 19.2 Å². The van der Waals surface area contributed by atoms with Crippen molar-refractivity contribution in [1.29, 1.82) is 0 Å². The van der Waals surface area contributed by atoms with Gasteiger partial charge in [-0.1, -0.05) is 0 Å². The Morgan fingerprint density at radius 2 is 2.00 bits per heavy atom. The average molecular weight is 284 g/mol. The molecule has 0 radical (unpaired) electrons. The molecule has 0 aliphatic carbocycles. The van der Waals surface area contributed by atoms with E-state index in [0.29, 0.717) is 11.4 Å². The largest absolute Gasteiger partial charge is 0.454 e. The predicted octanol–water partition coefficient (Wildman–Crippen LogP) is 3.38. The third-order valence-corrected chi connectivity index (χ3v) is 3.14. The van der Waals surface area contributed by atoms with E-state index in [4.69, 9.17) is 9.47 Å². The van der Waals surface area contributed by atoms with Crippen LogP contribution in [0.5, 0.6) is 11.5 Å². The van der Waals surface area contributed by atoms with Crippen LogP contribution in [-0.4, -0.2) is 17.9 Å². The monoisotopic (exact) mass is 284 g/mol. The highest BCUT2D eigenvalue weighted by Gasteiger charge is 2.12. The van der Waals surface area contributed by atoms with E-state index in [2.05, 4.69) is 4.99 Å². The number of benzene rings is 2. The molecule has 1 aliphatic heterocycles. The van der Waals surface area contributed by atoms with Crippen LogP contribution in [0, 0.1) is 17.0 Å². The van der Waals surface area contributed by atoms with Gasteiger partial charge in [0.05, 0.1) is 10.6 Å². The Morgan fingerprint density at radius 1 is 1.19 bits per heavy atom. The zero-order valence-corrected chi connectivity index (χ0v) is 11.3. The SMILES string of the molecule is Cc1cc([N+](=O)[O-])ccc1N=Cc1ccc2c(c1)OCO2. The number of nitrogens with zero attached hydrogens (tertiary/aromatic N) is 2. The quantitative estimate of drug-likeness (QED) is 0.492. The molecule has 0 saturated heterocycles. The summed E-state index contributed by atoms with van der Waals surface area (Å²) in [4.78, 5) is 14.6. The summed E-state index contributed by atoms with van der Waals surface area (Å²) in [5.41, 5.74) is 2.38. The lowest BCUT2D eigenvalue weighted by Gasteiger charge is -2.00. The second-order valence-electron chi connectivity index (χ2n) is 4.60. The summed E-state index contributed by atoms with van der Waals surface area (Å²) in [5, 5.41) is 10.7. The van der Waals surface area contributed by atoms with Crippen LogP contribution >= 0.6 is 0 Å². The maximum absolute atomic E-state index is 10.7. The van der Waals surface area contributed by atoms with Gasteiger partial charge in [0.2, 0.25) is 6.79 Å². The van der Waals surface area contributed by atoms with Crippen molar-refractivity contribution in [2.45, 2.75) is 6.92 Å². The number of rotatable bonds is 3. The van der Waals surface area contributed by atoms with E-state index in [9.17, 15) is 10.1 Å². The Hall–Kier alpha value is -2.89. The Bertz CT molecular complexity index is 740. The summed E-state index contributed by atoms with van der Waals surface area (Å²) >= 11 is 0. The molecule has 0 unspecified atom stereocenters. The van der Waals surface area contributed by atoms with Crippen molar-refractivity contribution >= 4 is 17.6 Å². The van der Waals surface area contributed by atoms with Crippen LogP contribution in [0.4, 0.5) is 11.4 Å². The number of aliphatic imine (C=N–C) groups is 1. The third kappa shape index (κ3) is 2.69. The second kappa shape index (κ2) is 5.24. The minimum Gasteiger partial charge on any atom is -0.454 e. The molecule has 0 fully saturated rings. The van der Waals surface area contributed by atoms with Gasteiger partial charge >= 0.3 is 0 Å². The zero-order chi connectivity index (χ0) is 14.8. The minimum absolute atomic E-state index is 0.0644. The smallest absolute Gasteiger partial charge is 0.269 e. The maximum Gasteiger partial charge on any atom is 0.269 e. The van der Waals surface area contributed by atoms with Crippen molar-refractivity contribution in [1.82, 2.24) is 0 Å². The number of ether oxygens (including phenoxy) is 2. The van der Waals surface area contributed by atoms with Gasteiger partial charge in [-0.2, -0.15) is 0 Å². The lowest BCUT2D eigenvalue weighted by molar-refractivity contribution is -0.384. The van der Waals surface area contributed by atoms with Gasteiger partial charge in [0.15, 0.2) is 11.5 Å². The first-order valence-corrected chi connectivity index (χ1v) is 6.32. The molecule has 2 aromatic carbocycles. The second-order valence-corrected chi connectivity index (χ2v) is 4.60. The van der Waals surface area contributed by atoms with Crippen LogP contribution in [-0.2, 0) is 0 Å². The van der Waals surface area contributed by atoms with Gasteiger partial charge < -0.3 is 9.47 Å². The van der Waals surface area contributed by atoms with Crippen molar-refractivity contribution in [3.05, 3.63) is 57.6 Å². The molecule has 1 aliphatic rings. The number of aryl methyl sites for hydroxylation is 1. The summed E-state index contributed by atoms with van der Waals surface area (Å²) in [6.07, 6.45) is 1.69. The third-order valence-electron chi connectivity index (χ3n) is 3.14. The van der Waals surface area contributed by atoms with Crippen molar-refractivity contribution in [2.24, 2.45) is 4.99 Å². The molecular weight excluding hydrogens is 272 g/mol. The first-order valence-electron chi connectivity index (χ1n) is 6.32. The number of nitro groups is 1. The molecular formula is C15H12N2O4. The fourth-order valence-electron chi connectivity index (χ4n) is 2.04. The Kier molecular flexibility index (Phi) is 3.27. The summed E-state index contributed by atoms with van der Waals surface area (Å²) in [6, 6.07) is 10.1. The molecule has 2 aromatic rings. The summed E-state index contributed by atoms with van der Waals surface area (Å²) < 4.78 is 10.5. The van der Waals surface area contributed by atoms with Gasteiger partial charge in [-0.05, 0) is 42.3 Å². The number of nitro benzene ring substituents is 1. The van der Waals surface area contributed by atoms with E-state index >= 15 is 0 Å². The first-order chi connectivity index (χ1) is 10.1. The molecule has 6 nitrogen and oxygen atoms in total. The van der Waals surface area contributed by atoms with Gasteiger partial charge in [0, 0.05) is 18.3 Å². The molecule has 21 heavy (non-hydrogen) atoms. The van der Waals surface area contributed by atoms with Crippen molar-refractivity contribution in [3.63, 3.8) is 0 Å². The fraction of sp³-hybridized carbons (Fsp3) is 0.133. The molecule has 1 heterocycles. The van der Waals surface area contributed by atoms with Crippen LogP contribution in [0.3, 0.4) is 0 Å². The van der Waals surface area contributed by atoms with E-state index in [1.807, 2.05) is 18.2 Å². The Balaban J connectivity index is 1.84. The molecule has 3 rings (SSSR count). The number of fused-ring (bicyclic) bond motifs is 1. The molecule has 0 bridgehead atoms. The van der Waals surface area contributed by atoms with E-state index in [-0.39, 0.29) is 12.5 Å². The van der Waals surface area contributed by atoms with Crippen molar-refractivity contribution in [2.75, 3.05) is 6.79 Å². The van der Waals surface area contributed by atoms with E-state index < -0.39 is 4.92 Å². The van der Waals surface area contributed by atoms with Crippen LogP contribution in [0.15, 0.2) is 41.4 Å². The van der Waals surface area contributed by atoms with Crippen LogP contribution in [0.2, 0.25) is 0 Å². The molecule has 0 atom stereocenters. The lowest BCUT2D eigenvalue weighted by Crippen LogP contribution is -1.92. The van der Waals surface area contributed by atoms with Gasteiger partial charge in [0.1, 0.15) is 0 Å². The number of non-ortho nitro benzene ring substituents is 1. The fourth-order valence-corrected chi connectivity index (χ4v) is 2.04. The Morgan fingerprint density at radius 3 is 2.76 bits per heavy atom. The van der Waals surface area contributed by atoms with Gasteiger partial charge in [0.25, 0.3) is 5.69 Å². The molecule has 0 aromatic heterocycles. The number of hydrogen-bond donors (Lipinski definition) is 0. The molecule has 0 saturated carbocycles. The lowest BCUT2D eigenvalue weighted by atomic mass is 10.2. The predicted molar refractivity (Wildman–Crippen MR) is 77.7 cm³/mol. The molecule has 0 amide bonds. The summed E-state index contributed by atoms with van der Waals surface area (Å²) in [7, 11) is 0. The first kappa shape index (κ1) is 13.1. The molecule has 106 valence electrons. The highest BCUT2D eigenvalue weighted by atomic mass is 16.7. The molecule has 0 N–H and O–H groups in total. The number of hydrogen-bond acceptors (Lipinski definition) is 5. The molecule has 6 heteroatoms. The minimum atomic E-state index is -0.418. The Labute approximate surface area is 120 Å².